The number of benzene rings is 2. The molecular formula is C19H15BrFN3O4S. The van der Waals surface area contributed by atoms with Crippen molar-refractivity contribution in [1.29, 1.82) is 0 Å². The topological polar surface area (TPSA) is 97.4 Å². The van der Waals surface area contributed by atoms with E-state index in [2.05, 4.69) is 31.0 Å². The predicted molar refractivity (Wildman–Crippen MR) is 109 cm³/mol. The lowest BCUT2D eigenvalue weighted by molar-refractivity contribution is 0.102. The van der Waals surface area contributed by atoms with Crippen LogP contribution in [0.4, 0.5) is 10.1 Å². The number of carbonyl (C=O) groups is 1. The number of aromatic nitrogens is 1. The van der Waals surface area contributed by atoms with E-state index < -0.39 is 27.3 Å². The number of anilines is 1. The van der Waals surface area contributed by atoms with E-state index in [0.717, 1.165) is 22.7 Å². The number of hydrogen-bond acceptors (Lipinski definition) is 5. The fraction of sp³-hybridized carbons (Fsp3) is 0.0526. The van der Waals surface area contributed by atoms with Gasteiger partial charge in [-0.1, -0.05) is 22.0 Å². The highest BCUT2D eigenvalue weighted by molar-refractivity contribution is 9.10. The van der Waals surface area contributed by atoms with Gasteiger partial charge in [-0.3, -0.25) is 4.79 Å². The van der Waals surface area contributed by atoms with Crippen molar-refractivity contribution in [1.82, 2.24) is 9.71 Å². The zero-order valence-corrected chi connectivity index (χ0v) is 17.4. The molecule has 7 nitrogen and oxygen atoms in total. The Balaban J connectivity index is 1.75. The maximum absolute atomic E-state index is 14.0. The van der Waals surface area contributed by atoms with Crippen LogP contribution in [-0.2, 0) is 10.0 Å². The Labute approximate surface area is 175 Å². The van der Waals surface area contributed by atoms with Crippen molar-refractivity contribution in [2.45, 2.75) is 4.90 Å². The zero-order chi connectivity index (χ0) is 21.0. The third-order valence-electron chi connectivity index (χ3n) is 3.77. The second kappa shape index (κ2) is 8.68. The van der Waals surface area contributed by atoms with E-state index in [-0.39, 0.29) is 10.6 Å². The molecule has 3 aromatic rings. The normalized spacial score (nSPS) is 11.1. The first kappa shape index (κ1) is 20.9. The fourth-order valence-electron chi connectivity index (χ4n) is 2.33. The monoisotopic (exact) mass is 479 g/mol. The van der Waals surface area contributed by atoms with Crippen LogP contribution in [0.3, 0.4) is 0 Å². The van der Waals surface area contributed by atoms with Crippen LogP contribution in [0.15, 0.2) is 70.2 Å². The molecule has 0 saturated heterocycles. The number of halogens is 2. The number of carbonyl (C=O) groups excluding carboxylic acids is 1. The Morgan fingerprint density at radius 3 is 2.59 bits per heavy atom. The minimum absolute atomic E-state index is 0.220. The Kier molecular flexibility index (Phi) is 6.26. The highest BCUT2D eigenvalue weighted by Gasteiger charge is 2.18. The molecule has 0 saturated carbocycles. The number of nitrogens with zero attached hydrogens (tertiary/aromatic N) is 1. The second-order valence-corrected chi connectivity index (χ2v) is 8.55. The standard InChI is InChI=1S/C19H15BrFN3O4S/c1-22-29(26,27)15-6-7-17(21)16(10-15)19(25)24-13-5-8-18(23-11-13)28-14-4-2-3-12(20)9-14/h2-11,22H,1H3,(H,24,25). The van der Waals surface area contributed by atoms with Crippen molar-refractivity contribution in [3.8, 4) is 11.6 Å². The molecule has 1 aromatic heterocycles. The Bertz CT molecular complexity index is 1150. The lowest BCUT2D eigenvalue weighted by atomic mass is 10.2. The molecule has 2 aromatic carbocycles. The van der Waals surface area contributed by atoms with E-state index in [0.29, 0.717) is 11.6 Å². The predicted octanol–water partition coefficient (Wildman–Crippen LogP) is 3.94. The molecule has 0 bridgehead atoms. The molecule has 0 radical (unpaired) electrons. The Morgan fingerprint density at radius 2 is 1.93 bits per heavy atom. The summed E-state index contributed by atoms with van der Waals surface area (Å²) < 4.78 is 46.3. The summed E-state index contributed by atoms with van der Waals surface area (Å²) in [5.41, 5.74) is -0.117. The third-order valence-corrected chi connectivity index (χ3v) is 5.68. The van der Waals surface area contributed by atoms with Gasteiger partial charge in [-0.15, -0.1) is 0 Å². The number of sulfonamides is 1. The van der Waals surface area contributed by atoms with Gasteiger partial charge in [0.25, 0.3) is 5.91 Å². The first-order chi connectivity index (χ1) is 13.8. The largest absolute Gasteiger partial charge is 0.439 e. The number of hydrogen-bond donors (Lipinski definition) is 2. The Morgan fingerprint density at radius 1 is 1.14 bits per heavy atom. The van der Waals surface area contributed by atoms with Gasteiger partial charge in [-0.2, -0.15) is 0 Å². The lowest BCUT2D eigenvalue weighted by Crippen LogP contribution is -2.20. The number of nitrogens with one attached hydrogen (secondary N) is 2. The van der Waals surface area contributed by atoms with Crippen LogP contribution in [0.5, 0.6) is 11.6 Å². The summed E-state index contributed by atoms with van der Waals surface area (Å²) in [6, 6.07) is 13.2. The van der Waals surface area contributed by atoms with Crippen LogP contribution in [0, 0.1) is 5.82 Å². The number of amides is 1. The third kappa shape index (κ3) is 5.17. The zero-order valence-electron chi connectivity index (χ0n) is 15.0. The van der Waals surface area contributed by atoms with Crippen LogP contribution in [0.2, 0.25) is 0 Å². The molecule has 1 amide bonds. The summed E-state index contributed by atoms with van der Waals surface area (Å²) in [6.45, 7) is 0. The molecule has 1 heterocycles. The average molecular weight is 480 g/mol. The van der Waals surface area contributed by atoms with E-state index in [4.69, 9.17) is 4.74 Å². The smallest absolute Gasteiger partial charge is 0.258 e. The minimum atomic E-state index is -3.81. The molecule has 0 spiro atoms. The van der Waals surface area contributed by atoms with Crippen molar-refractivity contribution >= 4 is 37.5 Å². The van der Waals surface area contributed by atoms with Gasteiger partial charge in [-0.05, 0) is 49.5 Å². The molecule has 0 fully saturated rings. The summed E-state index contributed by atoms with van der Waals surface area (Å²) in [5.74, 6) is -0.777. The van der Waals surface area contributed by atoms with Gasteiger partial charge >= 0.3 is 0 Å². The average Bonchev–Trinajstić information content (AvgIpc) is 2.69. The molecule has 0 unspecified atom stereocenters. The van der Waals surface area contributed by atoms with Crippen LogP contribution in [-0.4, -0.2) is 26.4 Å². The molecule has 150 valence electrons. The van der Waals surface area contributed by atoms with Gasteiger partial charge in [0.05, 0.1) is 22.3 Å². The van der Waals surface area contributed by atoms with E-state index in [1.807, 2.05) is 12.1 Å². The summed E-state index contributed by atoms with van der Waals surface area (Å²) in [6.07, 6.45) is 1.34. The number of ether oxygens (including phenoxy) is 1. The summed E-state index contributed by atoms with van der Waals surface area (Å²) in [7, 11) is -2.59. The SMILES string of the molecule is CNS(=O)(=O)c1ccc(F)c(C(=O)Nc2ccc(Oc3cccc(Br)c3)nc2)c1. The molecular weight excluding hydrogens is 465 g/mol. The van der Waals surface area contributed by atoms with E-state index in [1.165, 1.54) is 25.4 Å². The highest BCUT2D eigenvalue weighted by atomic mass is 79.9. The summed E-state index contributed by atoms with van der Waals surface area (Å²) in [5, 5.41) is 2.48. The van der Waals surface area contributed by atoms with E-state index >= 15 is 0 Å². The minimum Gasteiger partial charge on any atom is -0.439 e. The van der Waals surface area contributed by atoms with Gasteiger partial charge in [0.2, 0.25) is 15.9 Å². The van der Waals surface area contributed by atoms with Crippen LogP contribution >= 0.6 is 15.9 Å². The van der Waals surface area contributed by atoms with Gasteiger partial charge in [0.1, 0.15) is 11.6 Å². The van der Waals surface area contributed by atoms with Crippen LogP contribution in [0.25, 0.3) is 0 Å². The van der Waals surface area contributed by atoms with E-state index in [1.54, 1.807) is 12.1 Å². The molecule has 29 heavy (non-hydrogen) atoms. The van der Waals surface area contributed by atoms with E-state index in [9.17, 15) is 17.6 Å². The fourth-order valence-corrected chi connectivity index (χ4v) is 3.46. The summed E-state index contributed by atoms with van der Waals surface area (Å²) in [4.78, 5) is 16.3. The first-order valence-corrected chi connectivity index (χ1v) is 10.5. The highest BCUT2D eigenvalue weighted by Crippen LogP contribution is 2.24. The molecule has 0 aliphatic heterocycles. The maximum atomic E-state index is 14.0. The number of rotatable bonds is 6. The van der Waals surface area contributed by atoms with Gasteiger partial charge in [-0.25, -0.2) is 22.5 Å². The molecule has 10 heteroatoms. The molecule has 0 aliphatic rings. The molecule has 0 aliphatic carbocycles. The quantitative estimate of drug-likeness (QED) is 0.557. The van der Waals surface area contributed by atoms with Crippen molar-refractivity contribution < 1.29 is 22.3 Å². The van der Waals surface area contributed by atoms with Gasteiger partial charge in [0, 0.05) is 10.5 Å². The molecule has 0 atom stereocenters. The molecule has 3 rings (SSSR count). The van der Waals surface area contributed by atoms with Gasteiger partial charge < -0.3 is 10.1 Å². The number of pyridine rings is 1. The van der Waals surface area contributed by atoms with Crippen molar-refractivity contribution in [3.05, 3.63) is 76.6 Å². The van der Waals surface area contributed by atoms with Crippen LogP contribution < -0.4 is 14.8 Å². The Hall–Kier alpha value is -2.82. The van der Waals surface area contributed by atoms with Crippen molar-refractivity contribution in [3.63, 3.8) is 0 Å². The van der Waals surface area contributed by atoms with Crippen molar-refractivity contribution in [2.75, 3.05) is 12.4 Å². The summed E-state index contributed by atoms with van der Waals surface area (Å²) >= 11 is 3.34. The van der Waals surface area contributed by atoms with Crippen molar-refractivity contribution in [2.24, 2.45) is 0 Å². The lowest BCUT2D eigenvalue weighted by Gasteiger charge is -2.09. The maximum Gasteiger partial charge on any atom is 0.258 e. The molecule has 2 N–H and O–H groups in total. The first-order valence-electron chi connectivity index (χ1n) is 8.22. The van der Waals surface area contributed by atoms with Gasteiger partial charge in [0.15, 0.2) is 0 Å². The van der Waals surface area contributed by atoms with Crippen LogP contribution in [0.1, 0.15) is 10.4 Å². The second-order valence-electron chi connectivity index (χ2n) is 5.75.